The third-order valence-electron chi connectivity index (χ3n) is 10.4. The van der Waals surface area contributed by atoms with Crippen LogP contribution in [0.15, 0.2) is 79.0 Å². The number of nitrogens with one attached hydrogen (secondary N) is 1. The molecule has 6 N–H and O–H groups in total. The van der Waals surface area contributed by atoms with Gasteiger partial charge in [0.05, 0.1) is 19.8 Å². The summed E-state index contributed by atoms with van der Waals surface area (Å²) in [6.07, 6.45) is 4.53. The van der Waals surface area contributed by atoms with Crippen LogP contribution >= 0.6 is 0 Å². The van der Waals surface area contributed by atoms with Gasteiger partial charge < -0.3 is 40.3 Å². The standard InChI is InChI=1S/C44H50N2O8/c1-26(2)5-4-18-54-42-25-31(24-40(51)44(42)52)29-8-11-34-33-12-10-32(47)22-30(33)9-13-36(34)46-43-21-28(16-17-45-43)19-35(39(50)23-29)37(48)14-6-27-7-15-38(49)41(20-27)53-3/h7,9-10,12-13,15-17,20-22,24-26,29,35,37,47-49,51-52H,4-6,8,11,14,18-19,23H2,1-3H3,(H,45,46)/t29-,35+,37-/m1/s1. The van der Waals surface area contributed by atoms with Gasteiger partial charge in [-0.25, -0.2) is 4.98 Å². The molecule has 10 nitrogen and oxygen atoms in total. The van der Waals surface area contributed by atoms with Crippen molar-refractivity contribution in [2.24, 2.45) is 11.8 Å². The molecule has 54 heavy (non-hydrogen) atoms. The third-order valence-corrected chi connectivity index (χ3v) is 10.4. The van der Waals surface area contributed by atoms with E-state index in [-0.39, 0.29) is 47.4 Å². The summed E-state index contributed by atoms with van der Waals surface area (Å²) in [5.74, 6) is -0.189. The molecule has 0 saturated carbocycles. The lowest BCUT2D eigenvalue weighted by atomic mass is 9.80. The number of aryl methyl sites for hydroxylation is 2. The molecule has 3 atom stereocenters. The molecule has 0 unspecified atom stereocenters. The first kappa shape index (κ1) is 38.3. The number of methoxy groups -OCH3 is 1. The number of aliphatic hydroxyl groups excluding tert-OH is 1. The molecule has 1 aliphatic rings. The quantitative estimate of drug-likeness (QED) is 0.0574. The lowest BCUT2D eigenvalue weighted by molar-refractivity contribution is -0.127. The molecule has 0 radical (unpaired) electrons. The van der Waals surface area contributed by atoms with Gasteiger partial charge in [-0.2, -0.15) is 0 Å². The first-order valence-electron chi connectivity index (χ1n) is 18.7. The molecule has 284 valence electrons. The number of hydrogen-bond donors (Lipinski definition) is 6. The van der Waals surface area contributed by atoms with Crippen molar-refractivity contribution in [1.29, 1.82) is 0 Å². The van der Waals surface area contributed by atoms with Crippen LogP contribution in [0.3, 0.4) is 0 Å². The van der Waals surface area contributed by atoms with Gasteiger partial charge in [-0.15, -0.1) is 0 Å². The molecule has 10 heteroatoms. The predicted octanol–water partition coefficient (Wildman–Crippen LogP) is 8.47. The Bertz CT molecular complexity index is 2100. The van der Waals surface area contributed by atoms with E-state index in [2.05, 4.69) is 24.1 Å². The van der Waals surface area contributed by atoms with E-state index in [9.17, 15) is 30.3 Å². The lowest BCUT2D eigenvalue weighted by Gasteiger charge is -2.26. The summed E-state index contributed by atoms with van der Waals surface area (Å²) in [6.45, 7) is 4.63. The van der Waals surface area contributed by atoms with Crippen LogP contribution < -0.4 is 14.8 Å². The summed E-state index contributed by atoms with van der Waals surface area (Å²) >= 11 is 0. The summed E-state index contributed by atoms with van der Waals surface area (Å²) < 4.78 is 11.3. The highest BCUT2D eigenvalue weighted by Gasteiger charge is 2.31. The van der Waals surface area contributed by atoms with E-state index >= 15 is 0 Å². The normalized spacial score (nSPS) is 16.8. The molecule has 1 aliphatic heterocycles. The molecule has 4 aromatic carbocycles. The molecule has 6 rings (SSSR count). The number of phenolic OH excluding ortho intramolecular Hbond substituents is 4. The second-order valence-corrected chi connectivity index (χ2v) is 14.8. The molecule has 0 amide bonds. The van der Waals surface area contributed by atoms with Gasteiger partial charge in [-0.1, -0.05) is 32.0 Å². The largest absolute Gasteiger partial charge is 0.508 e. The van der Waals surface area contributed by atoms with E-state index in [1.165, 1.54) is 13.2 Å². The van der Waals surface area contributed by atoms with Gasteiger partial charge in [0.1, 0.15) is 17.4 Å². The van der Waals surface area contributed by atoms with Gasteiger partial charge >= 0.3 is 0 Å². The number of rotatable bonds is 11. The first-order chi connectivity index (χ1) is 26.0. The van der Waals surface area contributed by atoms with Gasteiger partial charge in [0.15, 0.2) is 23.0 Å². The molecule has 1 aromatic heterocycles. The Morgan fingerprint density at radius 2 is 1.72 bits per heavy atom. The molecule has 0 aliphatic carbocycles. The number of carbonyl (C=O) groups is 1. The van der Waals surface area contributed by atoms with Crippen LogP contribution in [0.5, 0.6) is 34.5 Å². The number of benzene rings is 4. The zero-order chi connectivity index (χ0) is 38.4. The maximum atomic E-state index is 14.6. The maximum Gasteiger partial charge on any atom is 0.200 e. The number of carbonyl (C=O) groups excluding carboxylic acids is 1. The van der Waals surface area contributed by atoms with Crippen molar-refractivity contribution in [2.45, 2.75) is 77.2 Å². The number of ketones is 1. The maximum absolute atomic E-state index is 14.6. The van der Waals surface area contributed by atoms with Gasteiger partial charge in [-0.3, -0.25) is 4.79 Å². The Balaban J connectivity index is 1.38. The number of hydrogen-bond acceptors (Lipinski definition) is 10. The molecule has 0 spiro atoms. The van der Waals surface area contributed by atoms with Gasteiger partial charge in [0, 0.05) is 24.2 Å². The van der Waals surface area contributed by atoms with Crippen LogP contribution in [-0.2, 0) is 24.1 Å². The molecular weight excluding hydrogens is 684 g/mol. The summed E-state index contributed by atoms with van der Waals surface area (Å²) in [6, 6.07) is 21.2. The van der Waals surface area contributed by atoms with Crippen LogP contribution in [0.1, 0.15) is 74.1 Å². The highest BCUT2D eigenvalue weighted by atomic mass is 16.5. The fraction of sp³-hybridized carbons (Fsp3) is 0.364. The van der Waals surface area contributed by atoms with Gasteiger partial charge in [0.2, 0.25) is 5.75 Å². The topological polar surface area (TPSA) is 162 Å². The zero-order valence-electron chi connectivity index (χ0n) is 31.1. The lowest BCUT2D eigenvalue weighted by Crippen LogP contribution is -2.32. The van der Waals surface area contributed by atoms with E-state index in [0.717, 1.165) is 46.0 Å². The minimum Gasteiger partial charge on any atom is -0.508 e. The average molecular weight is 735 g/mol. The predicted molar refractivity (Wildman–Crippen MR) is 209 cm³/mol. The Morgan fingerprint density at radius 1 is 0.889 bits per heavy atom. The SMILES string of the molecule is COc1cc(CC[C@@H](O)[C@@H]2Cc3ccnc(c3)Nc3ccc4cc(O)ccc4c3CC[C@@H](c3cc(O)c(O)c(OCCCC(C)C)c3)CC2=O)ccc1O. The van der Waals surface area contributed by atoms with E-state index in [1.807, 2.05) is 30.3 Å². The highest BCUT2D eigenvalue weighted by Crippen LogP contribution is 2.42. The fourth-order valence-corrected chi connectivity index (χ4v) is 7.42. The molecule has 5 aromatic rings. The first-order valence-corrected chi connectivity index (χ1v) is 18.7. The van der Waals surface area contributed by atoms with Crippen molar-refractivity contribution >= 4 is 28.1 Å². The summed E-state index contributed by atoms with van der Waals surface area (Å²) in [5, 5.41) is 59.1. The number of pyridine rings is 1. The van der Waals surface area contributed by atoms with Gasteiger partial charge in [-0.05, 0) is 144 Å². The Labute approximate surface area is 316 Å². The van der Waals surface area contributed by atoms with Crippen LogP contribution in [0.25, 0.3) is 10.8 Å². The third kappa shape index (κ3) is 9.17. The number of ether oxygens (including phenoxy) is 2. The minimum atomic E-state index is -0.991. The van der Waals surface area contributed by atoms with Crippen molar-refractivity contribution in [3.8, 4) is 34.5 Å². The fourth-order valence-electron chi connectivity index (χ4n) is 7.42. The van der Waals surface area contributed by atoms with Crippen molar-refractivity contribution in [3.05, 3.63) is 101 Å². The summed E-state index contributed by atoms with van der Waals surface area (Å²) in [5.41, 5.74) is 4.15. The van der Waals surface area contributed by atoms with E-state index in [0.29, 0.717) is 55.3 Å². The molecular formula is C44H50N2O8. The number of phenols is 4. The smallest absolute Gasteiger partial charge is 0.200 e. The van der Waals surface area contributed by atoms with E-state index in [1.54, 1.807) is 42.6 Å². The second-order valence-electron chi connectivity index (χ2n) is 14.8. The number of aromatic nitrogens is 1. The van der Waals surface area contributed by atoms with Crippen molar-refractivity contribution in [3.63, 3.8) is 0 Å². The summed E-state index contributed by atoms with van der Waals surface area (Å²) in [7, 11) is 1.48. The Kier molecular flexibility index (Phi) is 12.1. The zero-order valence-corrected chi connectivity index (χ0v) is 31.1. The number of Topliss-reactive ketones (excluding diaryl/α,β-unsaturated/α-hetero) is 1. The van der Waals surface area contributed by atoms with E-state index in [4.69, 9.17) is 9.47 Å². The number of aliphatic hydroxyl groups is 1. The molecule has 0 saturated heterocycles. The Hall–Kier alpha value is -5.48. The molecule has 0 fully saturated rings. The number of aromatic hydroxyl groups is 4. The Morgan fingerprint density at radius 3 is 2.52 bits per heavy atom. The van der Waals surface area contributed by atoms with Crippen molar-refractivity contribution < 1.29 is 39.8 Å². The highest BCUT2D eigenvalue weighted by molar-refractivity contribution is 5.92. The molecule has 2 heterocycles. The van der Waals surface area contributed by atoms with Crippen molar-refractivity contribution in [1.82, 2.24) is 4.98 Å². The average Bonchev–Trinajstić information content (AvgIpc) is 3.15. The van der Waals surface area contributed by atoms with E-state index < -0.39 is 17.9 Å². The minimum absolute atomic E-state index is 0.0260. The van der Waals surface area contributed by atoms with Gasteiger partial charge in [0.25, 0.3) is 0 Å². The monoisotopic (exact) mass is 734 g/mol. The second kappa shape index (κ2) is 17.1. The van der Waals surface area contributed by atoms with Crippen LogP contribution in [0.4, 0.5) is 11.5 Å². The van der Waals surface area contributed by atoms with Crippen LogP contribution in [0, 0.1) is 11.8 Å². The van der Waals surface area contributed by atoms with Crippen LogP contribution in [0.2, 0.25) is 0 Å². The van der Waals surface area contributed by atoms with Crippen LogP contribution in [-0.4, -0.2) is 56.1 Å². The number of nitrogens with zero attached hydrogens (tertiary/aromatic N) is 1. The summed E-state index contributed by atoms with van der Waals surface area (Å²) in [4.78, 5) is 19.2. The number of anilines is 2. The number of fused-ring (bicyclic) bond motifs is 5. The van der Waals surface area contributed by atoms with Crippen molar-refractivity contribution in [2.75, 3.05) is 19.0 Å². The molecule has 2 bridgehead atoms.